The van der Waals surface area contributed by atoms with E-state index in [1.165, 1.54) is 11.8 Å². The van der Waals surface area contributed by atoms with Crippen LogP contribution in [0.5, 0.6) is 0 Å². The second kappa shape index (κ2) is 8.53. The van der Waals surface area contributed by atoms with Gasteiger partial charge in [-0.3, -0.25) is 0 Å². The van der Waals surface area contributed by atoms with Gasteiger partial charge in [0.1, 0.15) is 29.9 Å². The maximum Gasteiger partial charge on any atom is 0.133 e. The summed E-state index contributed by atoms with van der Waals surface area (Å²) in [6.07, 6.45) is 5.74. The van der Waals surface area contributed by atoms with Gasteiger partial charge >= 0.3 is 0 Å². The van der Waals surface area contributed by atoms with E-state index in [1.807, 2.05) is 32.9 Å². The van der Waals surface area contributed by atoms with E-state index in [2.05, 4.69) is 10.6 Å². The van der Waals surface area contributed by atoms with Crippen LogP contribution in [-0.2, 0) is 15.7 Å². The zero-order chi connectivity index (χ0) is 18.8. The molecule has 2 aliphatic rings. The van der Waals surface area contributed by atoms with Crippen LogP contribution in [0.3, 0.4) is 0 Å². The Kier molecular flexibility index (Phi) is 7.13. The summed E-state index contributed by atoms with van der Waals surface area (Å²) in [6.45, 7) is 5.54. The summed E-state index contributed by atoms with van der Waals surface area (Å²) in [7, 11) is -1.37. The molecule has 25 heavy (non-hydrogen) atoms. The molecule has 0 aliphatic carbocycles. The number of rotatable bonds is 2. The first-order valence-electron chi connectivity index (χ1n) is 8.29. The van der Waals surface area contributed by atoms with Crippen LogP contribution >= 0.6 is 11.8 Å². The van der Waals surface area contributed by atoms with Gasteiger partial charge in [-0.1, -0.05) is 18.1 Å². The second-order valence-electron chi connectivity index (χ2n) is 7.28. The molecule has 2 bridgehead atoms. The molecule has 0 unspecified atom stereocenters. The Bertz CT molecular complexity index is 556. The van der Waals surface area contributed by atoms with Crippen LogP contribution in [-0.4, -0.2) is 65.4 Å². The first-order valence-corrected chi connectivity index (χ1v) is 10.4. The average molecular weight is 390 g/mol. The smallest absolute Gasteiger partial charge is 0.133 e. The molecule has 0 aromatic heterocycles. The number of aliphatic hydroxyl groups excluding tert-OH is 3. The third-order valence-electron chi connectivity index (χ3n) is 4.21. The molecule has 2 aliphatic heterocycles. The van der Waals surface area contributed by atoms with Crippen LogP contribution in [0, 0.1) is 12.3 Å². The van der Waals surface area contributed by atoms with Gasteiger partial charge in [0, 0.05) is 0 Å². The van der Waals surface area contributed by atoms with E-state index in [4.69, 9.17) is 11.2 Å². The van der Waals surface area contributed by atoms with E-state index in [1.54, 1.807) is 0 Å². The quantitative estimate of drug-likeness (QED) is 0.401. The molecule has 142 valence electrons. The standard InChI is InChI=1S/C17H27NO5S2/c1-5-10-8-6-7-9-11(18-25(22)17(2,3)4)15-13(20)12(19)14(21)16(23-15)24-10/h1,6-7,10-16,18-21H,8-9H2,2-4H3/b7-6-/t10-,11-,12+,13-,14-,15-,16-,25-/m1/s1. The Morgan fingerprint density at radius 1 is 1.20 bits per heavy atom. The zero-order valence-electron chi connectivity index (χ0n) is 14.7. The third-order valence-corrected chi connectivity index (χ3v) is 7.15. The van der Waals surface area contributed by atoms with Crippen LogP contribution in [0.4, 0.5) is 0 Å². The van der Waals surface area contributed by atoms with Gasteiger partial charge in [0.25, 0.3) is 0 Å². The predicted molar refractivity (Wildman–Crippen MR) is 100 cm³/mol. The van der Waals surface area contributed by atoms with E-state index >= 15 is 0 Å². The number of hydrogen-bond donors (Lipinski definition) is 4. The minimum atomic E-state index is -1.37. The molecule has 8 heteroatoms. The van der Waals surface area contributed by atoms with E-state index < -0.39 is 51.6 Å². The molecule has 0 saturated carbocycles. The maximum absolute atomic E-state index is 12.5. The highest BCUT2D eigenvalue weighted by molar-refractivity contribution is 8.00. The van der Waals surface area contributed by atoms with Gasteiger partial charge < -0.3 is 20.1 Å². The molecule has 0 aromatic rings. The number of aliphatic hydroxyl groups is 3. The fraction of sp³-hybridized carbons (Fsp3) is 0.765. The number of hydrogen-bond acceptors (Lipinski definition) is 6. The Labute approximate surface area is 156 Å². The molecule has 0 aromatic carbocycles. The van der Waals surface area contributed by atoms with Gasteiger partial charge in [0.05, 0.1) is 27.0 Å². The number of thioether (sulfide) groups is 1. The fourth-order valence-electron chi connectivity index (χ4n) is 2.67. The summed E-state index contributed by atoms with van der Waals surface area (Å²) >= 11 is 1.25. The van der Waals surface area contributed by atoms with Crippen molar-refractivity contribution in [3.63, 3.8) is 0 Å². The lowest BCUT2D eigenvalue weighted by Gasteiger charge is -2.44. The molecule has 2 rings (SSSR count). The van der Waals surface area contributed by atoms with E-state index in [0.29, 0.717) is 12.8 Å². The summed E-state index contributed by atoms with van der Waals surface area (Å²) in [5.41, 5.74) is -0.761. The Morgan fingerprint density at radius 3 is 2.44 bits per heavy atom. The lowest BCUT2D eigenvalue weighted by molar-refractivity contribution is -0.203. The van der Waals surface area contributed by atoms with Crippen molar-refractivity contribution < 1.29 is 24.3 Å². The number of ether oxygens (including phenoxy) is 1. The number of fused-ring (bicyclic) bond motifs is 2. The Balaban J connectivity index is 2.29. The van der Waals surface area contributed by atoms with Gasteiger partial charge in [-0.15, -0.1) is 18.2 Å². The molecule has 1 saturated heterocycles. The first-order chi connectivity index (χ1) is 11.6. The zero-order valence-corrected chi connectivity index (χ0v) is 16.3. The van der Waals surface area contributed by atoms with Gasteiger partial charge in [-0.25, -0.2) is 8.93 Å². The van der Waals surface area contributed by atoms with E-state index in [9.17, 15) is 19.5 Å². The van der Waals surface area contributed by atoms with Crippen LogP contribution in [0.25, 0.3) is 0 Å². The summed E-state index contributed by atoms with van der Waals surface area (Å²) in [5, 5.41) is 30.7. The topological polar surface area (TPSA) is 99.0 Å². The van der Waals surface area contributed by atoms with Gasteiger partial charge in [0.2, 0.25) is 0 Å². The molecule has 8 atom stereocenters. The van der Waals surface area contributed by atoms with Crippen LogP contribution < -0.4 is 4.72 Å². The maximum atomic E-state index is 12.5. The normalized spacial score (nSPS) is 42.2. The van der Waals surface area contributed by atoms with Crippen molar-refractivity contribution in [2.45, 2.75) is 79.5 Å². The second-order valence-corrected chi connectivity index (χ2v) is 10.6. The van der Waals surface area contributed by atoms with Gasteiger partial charge in [-0.05, 0) is 33.6 Å². The van der Waals surface area contributed by atoms with Crippen molar-refractivity contribution in [2.24, 2.45) is 0 Å². The fourth-order valence-corrected chi connectivity index (χ4v) is 4.67. The number of allylic oxidation sites excluding steroid dienone is 1. The van der Waals surface area contributed by atoms with Crippen molar-refractivity contribution in [1.29, 1.82) is 0 Å². The molecule has 6 nitrogen and oxygen atoms in total. The largest absolute Gasteiger partial charge is 0.388 e. The molecule has 0 spiro atoms. The summed E-state index contributed by atoms with van der Waals surface area (Å²) in [6, 6.07) is -0.473. The molecule has 4 N–H and O–H groups in total. The number of terminal acetylenes is 1. The lowest BCUT2D eigenvalue weighted by Crippen LogP contribution is -2.63. The van der Waals surface area contributed by atoms with E-state index in [0.717, 1.165) is 0 Å². The summed E-state index contributed by atoms with van der Waals surface area (Å²) in [4.78, 5) is 0. The Morgan fingerprint density at radius 2 is 1.84 bits per heavy atom. The average Bonchev–Trinajstić information content (AvgIpc) is 2.55. The van der Waals surface area contributed by atoms with Crippen LogP contribution in [0.15, 0.2) is 12.2 Å². The van der Waals surface area contributed by atoms with Crippen molar-refractivity contribution >= 4 is 22.7 Å². The van der Waals surface area contributed by atoms with E-state index in [-0.39, 0.29) is 5.25 Å². The SMILES string of the molecule is C#C[C@@H]1C/C=C\C[C@@H](N[S@](=O)C(C)(C)C)[C@H]2O[C@H](S1)[C@H](O)[C@@H](O)[C@H]2O. The molecule has 1 fully saturated rings. The van der Waals surface area contributed by atoms with Crippen molar-refractivity contribution in [3.05, 3.63) is 12.2 Å². The summed E-state index contributed by atoms with van der Waals surface area (Å²) in [5.74, 6) is 2.65. The predicted octanol–water partition coefficient (Wildman–Crippen LogP) is 0.299. The monoisotopic (exact) mass is 389 g/mol. The highest BCUT2D eigenvalue weighted by Crippen LogP contribution is 2.34. The highest BCUT2D eigenvalue weighted by Gasteiger charge is 2.47. The van der Waals surface area contributed by atoms with Crippen molar-refractivity contribution in [1.82, 2.24) is 4.72 Å². The Hall–Kier alpha value is -0.400. The molecule has 2 heterocycles. The van der Waals surface area contributed by atoms with Crippen LogP contribution in [0.1, 0.15) is 33.6 Å². The molecular weight excluding hydrogens is 362 g/mol. The van der Waals surface area contributed by atoms with Gasteiger partial charge in [0.15, 0.2) is 0 Å². The first kappa shape index (κ1) is 20.9. The van der Waals surface area contributed by atoms with Crippen molar-refractivity contribution in [2.75, 3.05) is 0 Å². The molecule has 0 radical (unpaired) electrons. The summed E-state index contributed by atoms with van der Waals surface area (Å²) < 4.78 is 20.9. The molecule has 0 amide bonds. The highest BCUT2D eigenvalue weighted by atomic mass is 32.2. The van der Waals surface area contributed by atoms with Crippen molar-refractivity contribution in [3.8, 4) is 12.3 Å². The van der Waals surface area contributed by atoms with Gasteiger partial charge in [-0.2, -0.15) is 0 Å². The minimum absolute atomic E-state index is 0.202. The molecular formula is C17H27NO5S2. The lowest BCUT2D eigenvalue weighted by atomic mass is 9.93. The van der Waals surface area contributed by atoms with Crippen LogP contribution in [0.2, 0.25) is 0 Å². The minimum Gasteiger partial charge on any atom is -0.388 e. The third kappa shape index (κ3) is 5.07. The number of nitrogens with one attached hydrogen (secondary N) is 1.